The van der Waals surface area contributed by atoms with Crippen LogP contribution in [0.4, 0.5) is 0 Å². The molecule has 0 saturated heterocycles. The third kappa shape index (κ3) is 16.0. The summed E-state index contributed by atoms with van der Waals surface area (Å²) in [7, 11) is -0.637. The van der Waals surface area contributed by atoms with Gasteiger partial charge in [0.2, 0.25) is 0 Å². The first-order valence-corrected chi connectivity index (χ1v) is 18.2. The highest BCUT2D eigenvalue weighted by atomic mass is 31.2. The summed E-state index contributed by atoms with van der Waals surface area (Å²) in [6, 6.07) is 6.04. The minimum atomic E-state index is -2.11. The number of hydrogen-bond donors (Lipinski definition) is 3. The molecule has 44 heavy (non-hydrogen) atoms. The summed E-state index contributed by atoms with van der Waals surface area (Å²) in [4.78, 5) is 14.3. The van der Waals surface area contributed by atoms with E-state index in [-0.39, 0.29) is 6.61 Å². The summed E-state index contributed by atoms with van der Waals surface area (Å²) in [6.45, 7) is 4.27. The number of hydrogen-bond acceptors (Lipinski definition) is 9. The predicted octanol–water partition coefficient (Wildman–Crippen LogP) is 7.47. The molecular formula is C33H60N5O5P. The lowest BCUT2D eigenvalue weighted by Crippen LogP contribution is -2.36. The number of methoxy groups -OCH3 is 1. The lowest BCUT2D eigenvalue weighted by atomic mass is 9.99. The van der Waals surface area contributed by atoms with Gasteiger partial charge in [-0.3, -0.25) is 4.68 Å². The average molecular weight is 638 g/mol. The number of amidine groups is 1. The van der Waals surface area contributed by atoms with E-state index < -0.39 is 14.2 Å². The molecule has 0 bridgehead atoms. The highest BCUT2D eigenvalue weighted by Gasteiger charge is 2.32. The maximum absolute atomic E-state index is 10.2. The highest BCUT2D eigenvalue weighted by Crippen LogP contribution is 2.35. The summed E-state index contributed by atoms with van der Waals surface area (Å²) >= 11 is 0. The monoisotopic (exact) mass is 637 g/mol. The van der Waals surface area contributed by atoms with Crippen LogP contribution in [0.3, 0.4) is 0 Å². The van der Waals surface area contributed by atoms with E-state index in [2.05, 4.69) is 23.4 Å². The fourth-order valence-corrected chi connectivity index (χ4v) is 6.06. The Balaban J connectivity index is 1.39. The van der Waals surface area contributed by atoms with E-state index in [4.69, 9.17) is 24.3 Å². The van der Waals surface area contributed by atoms with E-state index in [9.17, 15) is 10.2 Å². The Labute approximate surface area is 268 Å². The van der Waals surface area contributed by atoms with E-state index >= 15 is 0 Å². The van der Waals surface area contributed by atoms with Gasteiger partial charge in [-0.05, 0) is 37.8 Å². The van der Waals surface area contributed by atoms with Gasteiger partial charge < -0.3 is 34.6 Å². The molecule has 1 aliphatic heterocycles. The molecule has 0 saturated carbocycles. The van der Waals surface area contributed by atoms with Gasteiger partial charge >= 0.3 is 8.60 Å². The predicted molar refractivity (Wildman–Crippen MR) is 179 cm³/mol. The van der Waals surface area contributed by atoms with Gasteiger partial charge in [0, 0.05) is 26.0 Å². The van der Waals surface area contributed by atoms with Crippen molar-refractivity contribution in [3.63, 3.8) is 0 Å². The van der Waals surface area contributed by atoms with Crippen LogP contribution in [0.25, 0.3) is 0 Å². The van der Waals surface area contributed by atoms with E-state index in [1.165, 1.54) is 103 Å². The fraction of sp³-hybridized carbons (Fsp3) is 0.818. The van der Waals surface area contributed by atoms with E-state index in [0.29, 0.717) is 45.0 Å². The Morgan fingerprint density at radius 1 is 0.909 bits per heavy atom. The van der Waals surface area contributed by atoms with Crippen molar-refractivity contribution in [3.8, 4) is 6.07 Å². The Morgan fingerprint density at radius 3 is 2.09 bits per heavy atom. The van der Waals surface area contributed by atoms with Gasteiger partial charge in [-0.2, -0.15) is 5.26 Å². The minimum Gasteiger partial charge on any atom is -0.382 e. The third-order valence-electron chi connectivity index (χ3n) is 8.27. The minimum absolute atomic E-state index is 0.0947. The topological polar surface area (TPSA) is 136 Å². The Hall–Kier alpha value is -1.73. The van der Waals surface area contributed by atoms with Crippen LogP contribution in [0.5, 0.6) is 0 Å². The van der Waals surface area contributed by atoms with Crippen LogP contribution in [0.1, 0.15) is 134 Å². The van der Waals surface area contributed by atoms with Crippen LogP contribution in [-0.4, -0.2) is 61.2 Å². The van der Waals surface area contributed by atoms with Gasteiger partial charge in [-0.1, -0.05) is 103 Å². The quantitative estimate of drug-likeness (QED) is 0.0608. The van der Waals surface area contributed by atoms with Gasteiger partial charge in [0.05, 0.1) is 13.2 Å². The number of nitriles is 1. The molecule has 1 aromatic rings. The highest BCUT2D eigenvalue weighted by molar-refractivity contribution is 7.40. The van der Waals surface area contributed by atoms with Crippen LogP contribution in [-0.2, 0) is 24.9 Å². The molecule has 1 aromatic heterocycles. The molecule has 0 aliphatic carbocycles. The van der Waals surface area contributed by atoms with Crippen LogP contribution in [0.15, 0.2) is 17.1 Å². The lowest BCUT2D eigenvalue weighted by molar-refractivity contribution is -0.0111. The number of aryl methyl sites for hydroxylation is 1. The summed E-state index contributed by atoms with van der Waals surface area (Å²) in [6.07, 6.45) is 23.4. The van der Waals surface area contributed by atoms with Crippen molar-refractivity contribution in [1.82, 2.24) is 4.68 Å². The lowest BCUT2D eigenvalue weighted by Gasteiger charge is -2.26. The van der Waals surface area contributed by atoms with Gasteiger partial charge in [0.1, 0.15) is 24.3 Å². The van der Waals surface area contributed by atoms with Gasteiger partial charge in [-0.25, -0.2) is 4.99 Å². The Kier molecular flexibility index (Phi) is 21.4. The van der Waals surface area contributed by atoms with E-state index in [0.717, 1.165) is 24.4 Å². The number of aromatic nitrogens is 1. The maximum Gasteiger partial charge on any atom is 0.329 e. The molecule has 0 spiro atoms. The number of fused-ring (bicyclic) bond motifs is 1. The second kappa shape index (κ2) is 24.5. The van der Waals surface area contributed by atoms with Gasteiger partial charge in [0.15, 0.2) is 5.60 Å². The molecule has 11 heteroatoms. The standard InChI is InChI=1S/C33H60N5O5P/c1-3-4-5-6-7-8-9-10-11-12-13-14-15-16-17-18-24-41-25-19-26-42-44(39)43-28-33(27-34,40-2)23-22-30-20-21-31-32(35)36-29-37-38(30)31/h20-21,37,39H,3-19,22-26,28-29H2,1-2H3,(H2,35,36). The third-order valence-corrected chi connectivity index (χ3v) is 9.02. The Bertz CT molecular complexity index is 940. The smallest absolute Gasteiger partial charge is 0.329 e. The number of nitrogens with zero attached hydrogens (tertiary/aromatic N) is 3. The van der Waals surface area contributed by atoms with Crippen molar-refractivity contribution < 1.29 is 23.4 Å². The number of nitrogens with one attached hydrogen (secondary N) is 1. The number of unbranched alkanes of at least 4 members (excludes halogenated alkanes) is 15. The van der Waals surface area contributed by atoms with Crippen molar-refractivity contribution in [2.45, 2.75) is 135 Å². The summed E-state index contributed by atoms with van der Waals surface area (Å²) in [5, 5.41) is 9.81. The number of ether oxygens (including phenoxy) is 2. The molecule has 0 radical (unpaired) electrons. The molecule has 0 fully saturated rings. The number of rotatable bonds is 29. The molecule has 2 unspecified atom stereocenters. The Morgan fingerprint density at radius 2 is 1.50 bits per heavy atom. The van der Waals surface area contributed by atoms with Gasteiger partial charge in [0.25, 0.3) is 0 Å². The number of aliphatic imine (C=N–C) groups is 1. The first-order chi connectivity index (χ1) is 21.5. The molecule has 4 N–H and O–H groups in total. The molecule has 2 atom stereocenters. The molecule has 252 valence electrons. The van der Waals surface area contributed by atoms with Crippen LogP contribution >= 0.6 is 8.60 Å². The van der Waals surface area contributed by atoms with Crippen molar-refractivity contribution in [2.75, 3.05) is 45.6 Å². The summed E-state index contributed by atoms with van der Waals surface area (Å²) in [5.74, 6) is 0.477. The zero-order chi connectivity index (χ0) is 31.7. The molecule has 10 nitrogen and oxygen atoms in total. The van der Waals surface area contributed by atoms with Gasteiger partial charge in [-0.15, -0.1) is 0 Å². The number of nitrogens with two attached hydrogens (primary N) is 1. The second-order valence-electron chi connectivity index (χ2n) is 11.8. The normalized spacial score (nSPS) is 14.8. The average Bonchev–Trinajstić information content (AvgIpc) is 3.46. The molecule has 2 rings (SSSR count). The van der Waals surface area contributed by atoms with E-state index in [1.807, 2.05) is 16.8 Å². The second-order valence-corrected chi connectivity index (χ2v) is 12.8. The molecular weight excluding hydrogens is 577 g/mol. The van der Waals surface area contributed by atoms with Crippen LogP contribution < -0.4 is 11.2 Å². The van der Waals surface area contributed by atoms with Crippen LogP contribution in [0, 0.1) is 11.3 Å². The molecule has 0 amide bonds. The zero-order valence-electron chi connectivity index (χ0n) is 27.6. The largest absolute Gasteiger partial charge is 0.382 e. The summed E-state index contributed by atoms with van der Waals surface area (Å²) < 4.78 is 24.0. The first-order valence-electron chi connectivity index (χ1n) is 17.1. The van der Waals surface area contributed by atoms with Crippen LogP contribution in [0.2, 0.25) is 0 Å². The zero-order valence-corrected chi connectivity index (χ0v) is 28.5. The summed E-state index contributed by atoms with van der Waals surface area (Å²) in [5.41, 5.74) is 9.65. The van der Waals surface area contributed by atoms with E-state index in [1.54, 1.807) is 0 Å². The first kappa shape index (κ1) is 38.5. The van der Waals surface area contributed by atoms with Crippen molar-refractivity contribution in [1.29, 1.82) is 5.26 Å². The SMILES string of the molecule is CCCCCCCCCCCCCCCCCCOCCCOP(O)OCC(C#N)(CCc1ccc2n1NCN=C2N)OC. The van der Waals surface area contributed by atoms with Crippen molar-refractivity contribution in [3.05, 3.63) is 23.5 Å². The molecule has 1 aliphatic rings. The van der Waals surface area contributed by atoms with Crippen molar-refractivity contribution >= 4 is 14.4 Å². The molecule has 0 aromatic carbocycles. The fourth-order valence-electron chi connectivity index (χ4n) is 5.38. The molecule has 2 heterocycles. The maximum atomic E-state index is 10.2. The van der Waals surface area contributed by atoms with Crippen molar-refractivity contribution in [2.24, 2.45) is 10.7 Å².